The van der Waals surface area contributed by atoms with Gasteiger partial charge in [-0.15, -0.1) is 0 Å². The second-order valence-electron chi connectivity index (χ2n) is 8.93. The molecule has 3 aromatic carbocycles. The van der Waals surface area contributed by atoms with E-state index in [4.69, 9.17) is 16.3 Å². The minimum absolute atomic E-state index is 0.162. The molecule has 0 fully saturated rings. The Morgan fingerprint density at radius 1 is 1.11 bits per heavy atom. The van der Waals surface area contributed by atoms with Crippen molar-refractivity contribution in [3.8, 4) is 0 Å². The van der Waals surface area contributed by atoms with Crippen LogP contribution in [0.25, 0.3) is 12.2 Å². The number of carbonyl (C=O) groups excluding carboxylic acids is 2. The molecule has 0 radical (unpaired) electrons. The van der Waals surface area contributed by atoms with Crippen molar-refractivity contribution in [2.75, 3.05) is 17.6 Å². The summed E-state index contributed by atoms with van der Waals surface area (Å²) in [6.45, 7) is 6.38. The number of benzene rings is 3. The van der Waals surface area contributed by atoms with Crippen LogP contribution in [0.3, 0.4) is 0 Å². The maximum Gasteiger partial charge on any atom is 0.273 e. The van der Waals surface area contributed by atoms with E-state index in [0.29, 0.717) is 40.3 Å². The molecule has 38 heavy (non-hydrogen) atoms. The van der Waals surface area contributed by atoms with Gasteiger partial charge in [0.1, 0.15) is 12.4 Å². The number of nitrogens with one attached hydrogen (secondary N) is 1. The van der Waals surface area contributed by atoms with E-state index in [1.807, 2.05) is 43.3 Å². The van der Waals surface area contributed by atoms with Crippen molar-refractivity contribution in [1.29, 1.82) is 0 Å². The van der Waals surface area contributed by atoms with E-state index in [-0.39, 0.29) is 30.7 Å². The predicted molar refractivity (Wildman–Crippen MR) is 152 cm³/mol. The highest BCUT2D eigenvalue weighted by Crippen LogP contribution is 2.29. The van der Waals surface area contributed by atoms with Crippen LogP contribution in [-0.2, 0) is 16.2 Å². The van der Waals surface area contributed by atoms with Gasteiger partial charge in [-0.05, 0) is 60.0 Å². The van der Waals surface area contributed by atoms with Crippen LogP contribution in [0.2, 0.25) is 0 Å². The topological polar surface area (TPSA) is 123 Å². The van der Waals surface area contributed by atoms with Crippen LogP contribution in [0, 0.1) is 0 Å². The molecule has 3 aromatic rings. The molecule has 0 bridgehead atoms. The van der Waals surface area contributed by atoms with E-state index in [1.54, 1.807) is 42.5 Å². The third-order valence-corrected chi connectivity index (χ3v) is 5.93. The molecule has 0 aromatic heterocycles. The van der Waals surface area contributed by atoms with Crippen molar-refractivity contribution >= 4 is 46.9 Å². The molecule has 8 nitrogen and oxygen atoms in total. The number of amides is 2. The van der Waals surface area contributed by atoms with Crippen molar-refractivity contribution in [3.05, 3.63) is 101 Å². The highest BCUT2D eigenvalue weighted by atomic mass is 16.7. The Morgan fingerprint density at radius 2 is 1.89 bits per heavy atom. The molecular weight excluding hydrogens is 478 g/mol. The van der Waals surface area contributed by atoms with E-state index < -0.39 is 0 Å². The van der Waals surface area contributed by atoms with Crippen LogP contribution in [-0.4, -0.2) is 29.3 Å². The molecule has 8 heteroatoms. The molecule has 1 aliphatic heterocycles. The molecule has 0 spiro atoms. The Hall–Kier alpha value is -4.69. The highest BCUT2D eigenvalue weighted by molar-refractivity contribution is 6.07. The summed E-state index contributed by atoms with van der Waals surface area (Å²) in [6.07, 6.45) is 4.35. The zero-order valence-electron chi connectivity index (χ0n) is 21.3. The first kappa shape index (κ1) is 26.4. The largest absolute Gasteiger partial charge is 0.399 e. The molecule has 0 atom stereocenters. The van der Waals surface area contributed by atoms with Gasteiger partial charge in [0.2, 0.25) is 0 Å². The molecule has 0 saturated carbocycles. The van der Waals surface area contributed by atoms with Gasteiger partial charge < -0.3 is 16.8 Å². The average molecular weight is 510 g/mol. The number of hydrogen-bond donors (Lipinski definition) is 3. The number of fused-ring (bicyclic) bond motifs is 1. The number of amidine groups is 1. The van der Waals surface area contributed by atoms with E-state index in [1.165, 1.54) is 5.06 Å². The highest BCUT2D eigenvalue weighted by Gasteiger charge is 2.23. The van der Waals surface area contributed by atoms with Crippen molar-refractivity contribution in [2.24, 2.45) is 10.7 Å². The molecular formula is C30H31N5O3. The standard InChI is InChI=1S/C30H31N5O3/c1-3-14-35(38-19-21-8-12-25(31)13-9-21)30(37)24-16-22-10-11-23(17-27(22)34-28(32)18-24)29(36)33-26-7-5-6-20(4-2)15-26/h4-13,15-17H,2-3,14,18-19,31H2,1H3,(H2,32,34)(H,33,36). The number of nitrogen functional groups attached to an aromatic ring is 1. The lowest BCUT2D eigenvalue weighted by Gasteiger charge is -2.22. The van der Waals surface area contributed by atoms with Crippen LogP contribution in [0.5, 0.6) is 0 Å². The summed E-state index contributed by atoms with van der Waals surface area (Å²) < 4.78 is 0. The summed E-state index contributed by atoms with van der Waals surface area (Å²) >= 11 is 0. The Balaban J connectivity index is 1.53. The molecule has 2 amide bonds. The van der Waals surface area contributed by atoms with Gasteiger partial charge in [-0.3, -0.25) is 14.4 Å². The fourth-order valence-corrected chi connectivity index (χ4v) is 3.97. The minimum atomic E-state index is -0.280. The monoisotopic (exact) mass is 509 g/mol. The van der Waals surface area contributed by atoms with Gasteiger partial charge in [0, 0.05) is 41.0 Å². The molecule has 5 N–H and O–H groups in total. The van der Waals surface area contributed by atoms with Gasteiger partial charge in [-0.2, -0.15) is 0 Å². The summed E-state index contributed by atoms with van der Waals surface area (Å²) in [4.78, 5) is 36.7. The number of nitrogens with two attached hydrogens (primary N) is 2. The minimum Gasteiger partial charge on any atom is -0.399 e. The number of aliphatic imine (C=N–C) groups is 1. The Kier molecular flexibility index (Phi) is 8.35. The van der Waals surface area contributed by atoms with Crippen LogP contribution in [0.1, 0.15) is 46.8 Å². The number of hydroxylamine groups is 2. The predicted octanol–water partition coefficient (Wildman–Crippen LogP) is 5.31. The second-order valence-corrected chi connectivity index (χ2v) is 8.93. The number of nitrogens with zero attached hydrogens (tertiary/aromatic N) is 2. The molecule has 194 valence electrons. The number of carbonyl (C=O) groups is 2. The van der Waals surface area contributed by atoms with Gasteiger partial charge in [0.05, 0.1) is 5.69 Å². The molecule has 1 heterocycles. The molecule has 0 aliphatic carbocycles. The van der Waals surface area contributed by atoms with Gasteiger partial charge in [-0.25, -0.2) is 10.1 Å². The second kappa shape index (κ2) is 12.0. The first-order valence-corrected chi connectivity index (χ1v) is 12.4. The van der Waals surface area contributed by atoms with E-state index >= 15 is 0 Å². The lowest BCUT2D eigenvalue weighted by atomic mass is 10.0. The molecule has 0 unspecified atom stereocenters. The Bertz CT molecular complexity index is 1410. The smallest absolute Gasteiger partial charge is 0.273 e. The fourth-order valence-electron chi connectivity index (χ4n) is 3.97. The van der Waals surface area contributed by atoms with Crippen molar-refractivity contribution in [2.45, 2.75) is 26.4 Å². The quantitative estimate of drug-likeness (QED) is 0.266. The van der Waals surface area contributed by atoms with Crippen LogP contribution < -0.4 is 16.8 Å². The lowest BCUT2D eigenvalue weighted by Crippen LogP contribution is -2.34. The van der Waals surface area contributed by atoms with Crippen molar-refractivity contribution in [1.82, 2.24) is 5.06 Å². The molecule has 0 saturated heterocycles. The maximum atomic E-state index is 13.4. The summed E-state index contributed by atoms with van der Waals surface area (Å²) in [6, 6.07) is 19.8. The zero-order valence-corrected chi connectivity index (χ0v) is 21.3. The summed E-state index contributed by atoms with van der Waals surface area (Å²) in [5.41, 5.74) is 17.1. The summed E-state index contributed by atoms with van der Waals surface area (Å²) in [5.74, 6) is -0.288. The van der Waals surface area contributed by atoms with Crippen molar-refractivity contribution < 1.29 is 14.4 Å². The summed E-state index contributed by atoms with van der Waals surface area (Å²) in [5, 5.41) is 4.25. The average Bonchev–Trinajstić information content (AvgIpc) is 3.09. The fraction of sp³-hybridized carbons (Fsp3) is 0.167. The van der Waals surface area contributed by atoms with Crippen LogP contribution in [0.4, 0.5) is 17.1 Å². The molecule has 4 rings (SSSR count). The van der Waals surface area contributed by atoms with E-state index in [9.17, 15) is 9.59 Å². The maximum absolute atomic E-state index is 13.4. The SMILES string of the molecule is C=Cc1cccc(NC(=O)c2ccc3c(c2)N=C(N)CC(C(=O)N(CCC)OCc2ccc(N)cc2)=C3)c1. The Labute approximate surface area is 222 Å². The first-order valence-electron chi connectivity index (χ1n) is 12.4. The van der Waals surface area contributed by atoms with Gasteiger partial charge in [-0.1, -0.05) is 49.9 Å². The number of anilines is 2. The zero-order chi connectivity index (χ0) is 27.1. The van der Waals surface area contributed by atoms with E-state index in [2.05, 4.69) is 16.9 Å². The first-order chi connectivity index (χ1) is 18.4. The van der Waals surface area contributed by atoms with Crippen LogP contribution in [0.15, 0.2) is 83.9 Å². The van der Waals surface area contributed by atoms with Gasteiger partial charge in [0.15, 0.2) is 0 Å². The van der Waals surface area contributed by atoms with Gasteiger partial charge >= 0.3 is 0 Å². The molecule has 1 aliphatic rings. The normalized spacial score (nSPS) is 12.4. The van der Waals surface area contributed by atoms with E-state index in [0.717, 1.165) is 17.5 Å². The van der Waals surface area contributed by atoms with Gasteiger partial charge in [0.25, 0.3) is 11.8 Å². The summed E-state index contributed by atoms with van der Waals surface area (Å²) in [7, 11) is 0. The van der Waals surface area contributed by atoms with Crippen molar-refractivity contribution in [3.63, 3.8) is 0 Å². The Morgan fingerprint density at radius 3 is 2.63 bits per heavy atom. The number of rotatable bonds is 9. The third-order valence-electron chi connectivity index (χ3n) is 5.93. The third kappa shape index (κ3) is 6.54. The lowest BCUT2D eigenvalue weighted by molar-refractivity contribution is -0.187. The van der Waals surface area contributed by atoms with Crippen LogP contribution >= 0.6 is 0 Å². The number of hydrogen-bond acceptors (Lipinski definition) is 6.